The van der Waals surface area contributed by atoms with Crippen LogP contribution in [0.5, 0.6) is 23.0 Å². The molecule has 0 bridgehead atoms. The van der Waals surface area contributed by atoms with Gasteiger partial charge in [0.25, 0.3) is 0 Å². The monoisotopic (exact) mass is 358 g/mol. The lowest BCUT2D eigenvalue weighted by molar-refractivity contribution is -0.134. The highest BCUT2D eigenvalue weighted by molar-refractivity contribution is 5.73. The second kappa shape index (κ2) is 8.61. The molecule has 0 heterocycles. The zero-order valence-corrected chi connectivity index (χ0v) is 16.3. The zero-order chi connectivity index (χ0) is 19.3. The quantitative estimate of drug-likeness (QED) is 0.549. The second-order valence-electron chi connectivity index (χ2n) is 6.21. The number of benzene rings is 2. The molecule has 0 aliphatic heterocycles. The maximum absolute atomic E-state index is 12.3. The van der Waals surface area contributed by atoms with Crippen molar-refractivity contribution < 1.29 is 23.7 Å². The van der Waals surface area contributed by atoms with E-state index in [1.165, 1.54) is 0 Å². The average molecular weight is 358 g/mol. The third-order valence-electron chi connectivity index (χ3n) is 4.33. The van der Waals surface area contributed by atoms with Gasteiger partial charge in [-0.15, -0.1) is 0 Å². The van der Waals surface area contributed by atoms with Crippen LogP contribution >= 0.6 is 0 Å². The molecule has 0 amide bonds. The predicted octanol–water partition coefficient (Wildman–Crippen LogP) is 4.18. The molecule has 2 aromatic carbocycles. The van der Waals surface area contributed by atoms with E-state index in [2.05, 4.69) is 6.07 Å². The van der Waals surface area contributed by atoms with Gasteiger partial charge in [0.05, 0.1) is 21.3 Å². The molecule has 0 radical (unpaired) electrons. The van der Waals surface area contributed by atoms with Gasteiger partial charge in [-0.2, -0.15) is 0 Å². The van der Waals surface area contributed by atoms with E-state index >= 15 is 0 Å². The molecule has 0 spiro atoms. The van der Waals surface area contributed by atoms with Crippen molar-refractivity contribution in [1.29, 1.82) is 0 Å². The number of ether oxygens (including phenoxy) is 4. The summed E-state index contributed by atoms with van der Waals surface area (Å²) >= 11 is 0. The minimum atomic E-state index is -0.271. The molecule has 0 aromatic heterocycles. The molecule has 0 N–H and O–H groups in total. The van der Waals surface area contributed by atoms with Gasteiger partial charge in [-0.25, -0.2) is 0 Å². The van der Waals surface area contributed by atoms with Gasteiger partial charge in [-0.05, 0) is 67.6 Å². The van der Waals surface area contributed by atoms with E-state index in [0.717, 1.165) is 22.3 Å². The molecule has 0 aliphatic rings. The van der Waals surface area contributed by atoms with Gasteiger partial charge in [0.2, 0.25) is 5.75 Å². The molecular formula is C21H26O5. The van der Waals surface area contributed by atoms with E-state index in [-0.39, 0.29) is 12.4 Å². The van der Waals surface area contributed by atoms with Crippen molar-refractivity contribution in [1.82, 2.24) is 0 Å². The summed E-state index contributed by atoms with van der Waals surface area (Å²) in [6, 6.07) is 7.65. The molecule has 5 nitrogen and oxygen atoms in total. The first-order valence-electron chi connectivity index (χ1n) is 8.47. The highest BCUT2D eigenvalue weighted by Crippen LogP contribution is 2.38. The molecule has 5 heteroatoms. The average Bonchev–Trinajstić information content (AvgIpc) is 2.62. The number of aryl methyl sites for hydroxylation is 3. The van der Waals surface area contributed by atoms with Gasteiger partial charge in [0.1, 0.15) is 5.75 Å². The normalized spacial score (nSPS) is 10.4. The predicted molar refractivity (Wildman–Crippen MR) is 101 cm³/mol. The first-order valence-corrected chi connectivity index (χ1v) is 8.47. The molecule has 140 valence electrons. The van der Waals surface area contributed by atoms with Crippen molar-refractivity contribution in [2.24, 2.45) is 0 Å². The summed E-state index contributed by atoms with van der Waals surface area (Å²) in [5.74, 6) is 2.03. The molecule has 0 aliphatic carbocycles. The lowest BCUT2D eigenvalue weighted by atomic mass is 10.1. The van der Waals surface area contributed by atoms with Crippen LogP contribution in [0.15, 0.2) is 24.3 Å². The Labute approximate surface area is 154 Å². The third-order valence-corrected chi connectivity index (χ3v) is 4.33. The van der Waals surface area contributed by atoms with Crippen LogP contribution in [0.25, 0.3) is 0 Å². The van der Waals surface area contributed by atoms with Crippen molar-refractivity contribution in [3.8, 4) is 23.0 Å². The number of rotatable bonds is 7. The Hall–Kier alpha value is -2.69. The van der Waals surface area contributed by atoms with Crippen LogP contribution in [0.2, 0.25) is 0 Å². The van der Waals surface area contributed by atoms with Gasteiger partial charge >= 0.3 is 5.97 Å². The van der Waals surface area contributed by atoms with Crippen LogP contribution < -0.4 is 18.9 Å². The van der Waals surface area contributed by atoms with Crippen molar-refractivity contribution in [3.05, 3.63) is 46.5 Å². The van der Waals surface area contributed by atoms with Crippen LogP contribution in [-0.4, -0.2) is 27.3 Å². The number of hydrogen-bond acceptors (Lipinski definition) is 5. The Morgan fingerprint density at radius 1 is 0.846 bits per heavy atom. The topological polar surface area (TPSA) is 54.0 Å². The van der Waals surface area contributed by atoms with E-state index in [0.29, 0.717) is 29.4 Å². The first-order chi connectivity index (χ1) is 12.4. The van der Waals surface area contributed by atoms with Crippen molar-refractivity contribution in [2.75, 3.05) is 21.3 Å². The summed E-state index contributed by atoms with van der Waals surface area (Å²) < 4.78 is 21.6. The Morgan fingerprint density at radius 2 is 1.46 bits per heavy atom. The molecule has 2 aromatic rings. The Bertz CT molecular complexity index is 770. The summed E-state index contributed by atoms with van der Waals surface area (Å²) in [4.78, 5) is 12.3. The number of carbonyl (C=O) groups is 1. The molecule has 2 rings (SSSR count). The first kappa shape index (κ1) is 19.6. The molecule has 0 atom stereocenters. The smallest absolute Gasteiger partial charge is 0.311 e. The van der Waals surface area contributed by atoms with Crippen LogP contribution in [0.3, 0.4) is 0 Å². The lowest BCUT2D eigenvalue weighted by Crippen LogP contribution is -2.10. The Balaban J connectivity index is 2.10. The number of carbonyl (C=O) groups excluding carboxylic acids is 1. The second-order valence-corrected chi connectivity index (χ2v) is 6.21. The fourth-order valence-corrected chi connectivity index (χ4v) is 2.81. The number of hydrogen-bond donors (Lipinski definition) is 0. The highest BCUT2D eigenvalue weighted by atomic mass is 16.5. The highest BCUT2D eigenvalue weighted by Gasteiger charge is 2.15. The largest absolute Gasteiger partial charge is 0.493 e. The number of methoxy groups -OCH3 is 3. The van der Waals surface area contributed by atoms with E-state index in [1.54, 1.807) is 21.3 Å². The molecule has 0 unspecified atom stereocenters. The maximum Gasteiger partial charge on any atom is 0.311 e. The van der Waals surface area contributed by atoms with E-state index in [4.69, 9.17) is 18.9 Å². The van der Waals surface area contributed by atoms with Gasteiger partial charge in [0.15, 0.2) is 11.5 Å². The molecule has 0 fully saturated rings. The fourth-order valence-electron chi connectivity index (χ4n) is 2.81. The number of esters is 1. The van der Waals surface area contributed by atoms with Crippen molar-refractivity contribution >= 4 is 5.97 Å². The van der Waals surface area contributed by atoms with Gasteiger partial charge in [-0.3, -0.25) is 4.79 Å². The molecule has 0 saturated carbocycles. The maximum atomic E-state index is 12.3. The summed E-state index contributed by atoms with van der Waals surface area (Å²) in [5, 5.41) is 0. The lowest BCUT2D eigenvalue weighted by Gasteiger charge is -2.14. The standard InChI is InChI=1S/C21H26O5/c1-13-9-14(2)15(3)17(10-13)26-20(22)8-7-16-11-18(23-4)21(25-6)19(12-16)24-5/h9-12H,7-8H2,1-6H3. The minimum absolute atomic E-state index is 0.255. The molecular weight excluding hydrogens is 332 g/mol. The Morgan fingerprint density at radius 3 is 2.00 bits per heavy atom. The van der Waals surface area contributed by atoms with Gasteiger partial charge < -0.3 is 18.9 Å². The van der Waals surface area contributed by atoms with E-state index in [9.17, 15) is 4.79 Å². The third kappa shape index (κ3) is 4.48. The van der Waals surface area contributed by atoms with Crippen molar-refractivity contribution in [2.45, 2.75) is 33.6 Å². The Kier molecular flexibility index (Phi) is 6.50. The summed E-state index contributed by atoms with van der Waals surface area (Å²) in [6.07, 6.45) is 0.768. The van der Waals surface area contributed by atoms with Crippen LogP contribution in [-0.2, 0) is 11.2 Å². The van der Waals surface area contributed by atoms with E-state index < -0.39 is 0 Å². The zero-order valence-electron chi connectivity index (χ0n) is 16.3. The minimum Gasteiger partial charge on any atom is -0.493 e. The van der Waals surface area contributed by atoms with Crippen molar-refractivity contribution in [3.63, 3.8) is 0 Å². The summed E-state index contributed by atoms with van der Waals surface area (Å²) in [6.45, 7) is 5.95. The van der Waals surface area contributed by atoms with Gasteiger partial charge in [-0.1, -0.05) is 6.07 Å². The van der Waals surface area contributed by atoms with Crippen LogP contribution in [0, 0.1) is 20.8 Å². The summed E-state index contributed by atoms with van der Waals surface area (Å²) in [7, 11) is 4.69. The van der Waals surface area contributed by atoms with Crippen LogP contribution in [0.4, 0.5) is 0 Å². The SMILES string of the molecule is COc1cc(CCC(=O)Oc2cc(C)cc(C)c2C)cc(OC)c1OC. The molecule has 0 saturated heterocycles. The summed E-state index contributed by atoms with van der Waals surface area (Å²) in [5.41, 5.74) is 4.07. The van der Waals surface area contributed by atoms with E-state index in [1.807, 2.05) is 39.0 Å². The van der Waals surface area contributed by atoms with Crippen LogP contribution in [0.1, 0.15) is 28.7 Å². The van der Waals surface area contributed by atoms with Gasteiger partial charge in [0, 0.05) is 6.42 Å². The fraction of sp³-hybridized carbons (Fsp3) is 0.381. The molecule has 26 heavy (non-hydrogen) atoms.